The summed E-state index contributed by atoms with van der Waals surface area (Å²) in [6, 6.07) is 3.13. The van der Waals surface area contributed by atoms with E-state index in [2.05, 4.69) is 5.32 Å². The van der Waals surface area contributed by atoms with Crippen LogP contribution in [0.25, 0.3) is 0 Å². The Hall–Kier alpha value is -2.77. The van der Waals surface area contributed by atoms with Crippen LogP contribution in [0.5, 0.6) is 5.75 Å². The number of carboxylic acid groups (broad SMARTS) is 1. The first-order valence-electron chi connectivity index (χ1n) is 8.79. The average Bonchev–Trinajstić information content (AvgIpc) is 2.96. The number of rotatable bonds is 5. The first kappa shape index (κ1) is 20.5. The molecule has 0 aromatic heterocycles. The summed E-state index contributed by atoms with van der Waals surface area (Å²) < 4.78 is 10.4. The van der Waals surface area contributed by atoms with Crippen LogP contribution in [0.1, 0.15) is 39.7 Å². The molecule has 0 unspecified atom stereocenters. The molecular formula is C19H26N2O6. The summed E-state index contributed by atoms with van der Waals surface area (Å²) in [6.45, 7) is 6.90. The van der Waals surface area contributed by atoms with Crippen molar-refractivity contribution in [2.75, 3.05) is 12.0 Å². The van der Waals surface area contributed by atoms with Gasteiger partial charge < -0.3 is 19.9 Å². The Morgan fingerprint density at radius 2 is 2.00 bits per heavy atom. The Morgan fingerprint density at radius 1 is 1.33 bits per heavy atom. The lowest BCUT2D eigenvalue weighted by Crippen LogP contribution is -2.53. The van der Waals surface area contributed by atoms with Crippen molar-refractivity contribution in [3.63, 3.8) is 0 Å². The maximum absolute atomic E-state index is 13.1. The minimum atomic E-state index is -1.11. The predicted octanol–water partition coefficient (Wildman–Crippen LogP) is 2.34. The molecule has 0 spiro atoms. The van der Waals surface area contributed by atoms with Gasteiger partial charge in [0.25, 0.3) is 5.91 Å². The smallest absolute Gasteiger partial charge is 0.408 e. The number of aliphatic carboxylic acids is 1. The fraction of sp³-hybridized carbons (Fsp3) is 0.526. The van der Waals surface area contributed by atoms with Crippen molar-refractivity contribution in [2.45, 2.75) is 58.2 Å². The molecule has 1 aromatic carbocycles. The highest BCUT2D eigenvalue weighted by Gasteiger charge is 2.41. The SMILES string of the molecule is CC[C@H](NC(=O)OC(C)(C)C)C(=O)N1c2ccc(OC)cc2C[C@H]1C(=O)O. The van der Waals surface area contributed by atoms with Crippen LogP contribution in [-0.2, 0) is 20.7 Å². The number of nitrogens with one attached hydrogen (secondary N) is 1. The van der Waals surface area contributed by atoms with Gasteiger partial charge in [-0.1, -0.05) is 6.92 Å². The summed E-state index contributed by atoms with van der Waals surface area (Å²) >= 11 is 0. The predicted molar refractivity (Wildman–Crippen MR) is 99.1 cm³/mol. The van der Waals surface area contributed by atoms with E-state index in [1.165, 1.54) is 12.0 Å². The zero-order chi connectivity index (χ0) is 20.4. The van der Waals surface area contributed by atoms with Crippen LogP contribution in [0, 0.1) is 0 Å². The molecule has 1 aliphatic heterocycles. The summed E-state index contributed by atoms with van der Waals surface area (Å²) in [6.07, 6.45) is -0.244. The van der Waals surface area contributed by atoms with E-state index in [1.807, 2.05) is 0 Å². The van der Waals surface area contributed by atoms with Gasteiger partial charge in [0.1, 0.15) is 23.4 Å². The molecule has 148 valence electrons. The minimum Gasteiger partial charge on any atom is -0.497 e. The van der Waals surface area contributed by atoms with Crippen LogP contribution in [0.3, 0.4) is 0 Å². The third-order valence-electron chi connectivity index (χ3n) is 4.19. The van der Waals surface area contributed by atoms with Crippen LogP contribution < -0.4 is 15.0 Å². The monoisotopic (exact) mass is 378 g/mol. The topological polar surface area (TPSA) is 105 Å². The second kappa shape index (κ2) is 7.85. The van der Waals surface area contributed by atoms with Crippen molar-refractivity contribution >= 4 is 23.7 Å². The molecule has 27 heavy (non-hydrogen) atoms. The number of carboxylic acids is 1. The molecule has 2 atom stereocenters. The number of anilines is 1. The van der Waals surface area contributed by atoms with E-state index in [4.69, 9.17) is 9.47 Å². The molecule has 0 fully saturated rings. The van der Waals surface area contributed by atoms with Gasteiger partial charge in [0, 0.05) is 12.1 Å². The number of fused-ring (bicyclic) bond motifs is 1. The number of ether oxygens (including phenoxy) is 2. The average molecular weight is 378 g/mol. The highest BCUT2D eigenvalue weighted by molar-refractivity contribution is 6.05. The lowest BCUT2D eigenvalue weighted by Gasteiger charge is -2.28. The summed E-state index contributed by atoms with van der Waals surface area (Å²) in [5, 5.41) is 12.1. The Morgan fingerprint density at radius 3 is 2.52 bits per heavy atom. The first-order chi connectivity index (χ1) is 12.6. The maximum Gasteiger partial charge on any atom is 0.408 e. The fourth-order valence-corrected chi connectivity index (χ4v) is 2.98. The molecule has 2 rings (SSSR count). The van der Waals surface area contributed by atoms with Crippen LogP contribution >= 0.6 is 0 Å². The highest BCUT2D eigenvalue weighted by atomic mass is 16.6. The van der Waals surface area contributed by atoms with Crippen LogP contribution in [0.4, 0.5) is 10.5 Å². The molecule has 8 heteroatoms. The Bertz CT molecular complexity index is 740. The minimum absolute atomic E-state index is 0.177. The fourth-order valence-electron chi connectivity index (χ4n) is 2.98. The Kier molecular flexibility index (Phi) is 5.98. The molecular weight excluding hydrogens is 352 g/mol. The van der Waals surface area contributed by atoms with Crippen molar-refractivity contribution in [3.8, 4) is 5.75 Å². The number of hydrogen-bond acceptors (Lipinski definition) is 5. The van der Waals surface area contributed by atoms with E-state index < -0.39 is 35.7 Å². The summed E-state index contributed by atoms with van der Waals surface area (Å²) in [5.41, 5.74) is 0.520. The molecule has 1 aromatic rings. The third kappa shape index (κ3) is 4.69. The highest BCUT2D eigenvalue weighted by Crippen LogP contribution is 2.35. The number of benzene rings is 1. The molecule has 0 radical (unpaired) electrons. The van der Waals surface area contributed by atoms with Crippen LogP contribution in [-0.4, -0.2) is 47.9 Å². The van der Waals surface area contributed by atoms with Crippen LogP contribution in [0.2, 0.25) is 0 Å². The number of hydrogen-bond donors (Lipinski definition) is 2. The van der Waals surface area contributed by atoms with Crippen molar-refractivity contribution in [2.24, 2.45) is 0 Å². The summed E-state index contributed by atoms with van der Waals surface area (Å²) in [5.74, 6) is -1.00. The number of methoxy groups -OCH3 is 1. The molecule has 1 aliphatic rings. The quantitative estimate of drug-likeness (QED) is 0.815. The zero-order valence-electron chi connectivity index (χ0n) is 16.2. The van der Waals surface area contributed by atoms with E-state index in [-0.39, 0.29) is 6.42 Å². The molecule has 0 saturated heterocycles. The second-order valence-electron chi connectivity index (χ2n) is 7.37. The van der Waals surface area contributed by atoms with Crippen molar-refractivity contribution in [1.82, 2.24) is 5.32 Å². The van der Waals surface area contributed by atoms with Gasteiger partial charge >= 0.3 is 12.1 Å². The van der Waals surface area contributed by atoms with E-state index >= 15 is 0 Å². The molecule has 2 N–H and O–H groups in total. The third-order valence-corrected chi connectivity index (χ3v) is 4.19. The maximum atomic E-state index is 13.1. The van der Waals surface area contributed by atoms with Gasteiger partial charge in [-0.2, -0.15) is 0 Å². The van der Waals surface area contributed by atoms with Gasteiger partial charge in [0.2, 0.25) is 0 Å². The number of carbonyl (C=O) groups is 3. The zero-order valence-corrected chi connectivity index (χ0v) is 16.2. The normalized spacial score (nSPS) is 17.1. The number of nitrogens with zero attached hydrogens (tertiary/aromatic N) is 1. The Labute approximate surface area is 158 Å². The standard InChI is InChI=1S/C19H26N2O6/c1-6-13(20-18(25)27-19(2,3)4)16(22)21-14-8-7-12(26-5)9-11(14)10-15(21)17(23)24/h7-9,13,15H,6,10H2,1-5H3,(H,20,25)(H,23,24)/t13-,15-/m0/s1. The Balaban J connectivity index is 2.28. The number of carbonyl (C=O) groups excluding carboxylic acids is 2. The largest absolute Gasteiger partial charge is 0.497 e. The van der Waals surface area contributed by atoms with E-state index in [0.717, 1.165) is 0 Å². The number of amides is 2. The molecule has 1 heterocycles. The molecule has 2 amide bonds. The van der Waals surface area contributed by atoms with Gasteiger partial charge in [-0.15, -0.1) is 0 Å². The summed E-state index contributed by atoms with van der Waals surface area (Å²) in [4.78, 5) is 38.1. The number of alkyl carbamates (subject to hydrolysis) is 1. The van der Waals surface area contributed by atoms with Crippen molar-refractivity contribution < 1.29 is 29.0 Å². The van der Waals surface area contributed by atoms with E-state index in [1.54, 1.807) is 45.9 Å². The summed E-state index contributed by atoms with van der Waals surface area (Å²) in [7, 11) is 1.52. The van der Waals surface area contributed by atoms with Gasteiger partial charge in [-0.3, -0.25) is 9.69 Å². The van der Waals surface area contributed by atoms with E-state index in [9.17, 15) is 19.5 Å². The van der Waals surface area contributed by atoms with Gasteiger partial charge in [0.15, 0.2) is 0 Å². The molecule has 0 aliphatic carbocycles. The second-order valence-corrected chi connectivity index (χ2v) is 7.37. The van der Waals surface area contributed by atoms with Gasteiger partial charge in [0.05, 0.1) is 7.11 Å². The molecule has 0 bridgehead atoms. The lowest BCUT2D eigenvalue weighted by molar-refractivity contribution is -0.140. The van der Waals surface area contributed by atoms with E-state index in [0.29, 0.717) is 23.4 Å². The molecule has 8 nitrogen and oxygen atoms in total. The molecule has 0 saturated carbocycles. The van der Waals surface area contributed by atoms with Gasteiger partial charge in [-0.05, 0) is 51.0 Å². The first-order valence-corrected chi connectivity index (χ1v) is 8.79. The lowest BCUT2D eigenvalue weighted by atomic mass is 10.1. The van der Waals surface area contributed by atoms with Crippen LogP contribution in [0.15, 0.2) is 18.2 Å². The van der Waals surface area contributed by atoms with Crippen molar-refractivity contribution in [3.05, 3.63) is 23.8 Å². The van der Waals surface area contributed by atoms with Gasteiger partial charge in [-0.25, -0.2) is 9.59 Å². The van der Waals surface area contributed by atoms with Crippen molar-refractivity contribution in [1.29, 1.82) is 0 Å².